The largest absolute Gasteiger partial charge is 0.481 e. The summed E-state index contributed by atoms with van der Waals surface area (Å²) < 4.78 is 0. The minimum atomic E-state index is -0.658. The standard InChI is InChI=1S/C14H20N2O2/c1-3-14(13(17)18)6-7-16(10-14)9-12-5-4-11(2)15-8-12/h4-5,8H,3,6-7,9-10H2,1-2H3,(H,17,18). The molecule has 1 fully saturated rings. The molecule has 0 amide bonds. The second kappa shape index (κ2) is 5.06. The van der Waals surface area contributed by atoms with E-state index in [4.69, 9.17) is 0 Å². The van der Waals surface area contributed by atoms with E-state index in [0.29, 0.717) is 13.0 Å². The van der Waals surface area contributed by atoms with E-state index in [1.807, 2.05) is 26.1 Å². The quantitative estimate of drug-likeness (QED) is 0.886. The van der Waals surface area contributed by atoms with Gasteiger partial charge in [0.1, 0.15) is 0 Å². The lowest BCUT2D eigenvalue weighted by molar-refractivity contribution is -0.148. The number of rotatable bonds is 4. The third-order valence-electron chi connectivity index (χ3n) is 3.94. The molecule has 4 heteroatoms. The number of carboxylic acid groups (broad SMARTS) is 1. The zero-order valence-corrected chi connectivity index (χ0v) is 11.0. The topological polar surface area (TPSA) is 53.4 Å². The van der Waals surface area contributed by atoms with Gasteiger partial charge in [-0.15, -0.1) is 0 Å². The number of carboxylic acids is 1. The number of hydrogen-bond donors (Lipinski definition) is 1. The van der Waals surface area contributed by atoms with Crippen LogP contribution in [-0.2, 0) is 11.3 Å². The summed E-state index contributed by atoms with van der Waals surface area (Å²) in [6.07, 6.45) is 3.32. The van der Waals surface area contributed by atoms with Gasteiger partial charge in [-0.2, -0.15) is 0 Å². The Labute approximate surface area is 108 Å². The summed E-state index contributed by atoms with van der Waals surface area (Å²) in [4.78, 5) is 17.8. The van der Waals surface area contributed by atoms with Crippen molar-refractivity contribution < 1.29 is 9.90 Å². The van der Waals surface area contributed by atoms with Gasteiger partial charge >= 0.3 is 5.97 Å². The van der Waals surface area contributed by atoms with Crippen LogP contribution in [0.2, 0.25) is 0 Å². The van der Waals surface area contributed by atoms with Crippen molar-refractivity contribution >= 4 is 5.97 Å². The minimum Gasteiger partial charge on any atom is -0.481 e. The highest BCUT2D eigenvalue weighted by Gasteiger charge is 2.42. The predicted molar refractivity (Wildman–Crippen MR) is 69.2 cm³/mol. The fraction of sp³-hybridized carbons (Fsp3) is 0.571. The molecule has 0 radical (unpaired) electrons. The van der Waals surface area contributed by atoms with Crippen LogP contribution in [-0.4, -0.2) is 34.0 Å². The molecule has 0 bridgehead atoms. The Morgan fingerprint density at radius 3 is 2.83 bits per heavy atom. The molecule has 1 aromatic heterocycles. The fourth-order valence-corrected chi connectivity index (χ4v) is 2.56. The normalized spacial score (nSPS) is 24.3. The molecule has 0 aromatic carbocycles. The first-order valence-corrected chi connectivity index (χ1v) is 6.43. The Morgan fingerprint density at radius 2 is 2.33 bits per heavy atom. The van der Waals surface area contributed by atoms with Gasteiger partial charge in [0.2, 0.25) is 0 Å². The average molecular weight is 248 g/mol. The molecule has 4 nitrogen and oxygen atoms in total. The second-order valence-electron chi connectivity index (χ2n) is 5.21. The van der Waals surface area contributed by atoms with Crippen LogP contribution in [0.1, 0.15) is 31.0 Å². The third-order valence-corrected chi connectivity index (χ3v) is 3.94. The molecule has 1 unspecified atom stereocenters. The molecule has 2 rings (SSSR count). The molecule has 1 N–H and O–H groups in total. The molecule has 98 valence electrons. The van der Waals surface area contributed by atoms with Gasteiger partial charge in [0.25, 0.3) is 0 Å². The van der Waals surface area contributed by atoms with E-state index in [-0.39, 0.29) is 0 Å². The van der Waals surface area contributed by atoms with Crippen molar-refractivity contribution in [3.05, 3.63) is 29.6 Å². The van der Waals surface area contributed by atoms with Crippen molar-refractivity contribution in [3.63, 3.8) is 0 Å². The first-order chi connectivity index (χ1) is 8.55. The highest BCUT2D eigenvalue weighted by atomic mass is 16.4. The molecule has 1 saturated heterocycles. The molecule has 0 saturated carbocycles. The van der Waals surface area contributed by atoms with Gasteiger partial charge in [0.05, 0.1) is 5.41 Å². The first-order valence-electron chi connectivity index (χ1n) is 6.43. The van der Waals surface area contributed by atoms with E-state index in [9.17, 15) is 9.90 Å². The number of aryl methyl sites for hydroxylation is 1. The maximum Gasteiger partial charge on any atom is 0.310 e. The summed E-state index contributed by atoms with van der Waals surface area (Å²) in [5.41, 5.74) is 1.62. The van der Waals surface area contributed by atoms with Gasteiger partial charge in [-0.05, 0) is 37.9 Å². The lowest BCUT2D eigenvalue weighted by Gasteiger charge is -2.23. The molecule has 2 heterocycles. The summed E-state index contributed by atoms with van der Waals surface area (Å²) in [6.45, 7) is 6.22. The van der Waals surface area contributed by atoms with Crippen molar-refractivity contribution in [2.45, 2.75) is 33.2 Å². The zero-order chi connectivity index (χ0) is 13.2. The van der Waals surface area contributed by atoms with Gasteiger partial charge in [-0.3, -0.25) is 14.7 Å². The third kappa shape index (κ3) is 2.53. The van der Waals surface area contributed by atoms with E-state index in [2.05, 4.69) is 16.0 Å². The van der Waals surface area contributed by atoms with E-state index in [0.717, 1.165) is 30.8 Å². The first kappa shape index (κ1) is 13.0. The Morgan fingerprint density at radius 1 is 1.56 bits per heavy atom. The summed E-state index contributed by atoms with van der Waals surface area (Å²) >= 11 is 0. The van der Waals surface area contributed by atoms with Crippen LogP contribution in [0, 0.1) is 12.3 Å². The van der Waals surface area contributed by atoms with Gasteiger partial charge in [0, 0.05) is 25.0 Å². The summed E-state index contributed by atoms with van der Waals surface area (Å²) in [5.74, 6) is -0.658. The number of nitrogens with zero attached hydrogens (tertiary/aromatic N) is 2. The maximum atomic E-state index is 11.4. The van der Waals surface area contributed by atoms with Crippen LogP contribution >= 0.6 is 0 Å². The van der Waals surface area contributed by atoms with E-state index >= 15 is 0 Å². The smallest absolute Gasteiger partial charge is 0.310 e. The van der Waals surface area contributed by atoms with Crippen LogP contribution in [0.4, 0.5) is 0 Å². The molecule has 1 aliphatic rings. The Hall–Kier alpha value is -1.42. The Bertz CT molecular complexity index is 430. The van der Waals surface area contributed by atoms with Gasteiger partial charge in [-0.25, -0.2) is 0 Å². The number of aromatic nitrogens is 1. The lowest BCUT2D eigenvalue weighted by atomic mass is 9.84. The maximum absolute atomic E-state index is 11.4. The molecule has 18 heavy (non-hydrogen) atoms. The van der Waals surface area contributed by atoms with Gasteiger partial charge in [-0.1, -0.05) is 13.0 Å². The summed E-state index contributed by atoms with van der Waals surface area (Å²) in [5, 5.41) is 9.34. The molecule has 0 aliphatic carbocycles. The number of hydrogen-bond acceptors (Lipinski definition) is 3. The van der Waals surface area contributed by atoms with Crippen LogP contribution in [0.15, 0.2) is 18.3 Å². The molecule has 0 spiro atoms. The highest BCUT2D eigenvalue weighted by molar-refractivity contribution is 5.75. The van der Waals surface area contributed by atoms with Gasteiger partial charge < -0.3 is 5.11 Å². The fourth-order valence-electron chi connectivity index (χ4n) is 2.56. The molecule has 1 aromatic rings. The minimum absolute atomic E-state index is 0.544. The van der Waals surface area contributed by atoms with Crippen molar-refractivity contribution in [2.24, 2.45) is 5.41 Å². The highest BCUT2D eigenvalue weighted by Crippen LogP contribution is 2.34. The Kier molecular flexibility index (Phi) is 3.66. The SMILES string of the molecule is CCC1(C(=O)O)CCN(Cc2ccc(C)nc2)C1. The van der Waals surface area contributed by atoms with Crippen molar-refractivity contribution in [1.29, 1.82) is 0 Å². The van der Waals surface area contributed by atoms with Crippen LogP contribution < -0.4 is 0 Å². The number of aliphatic carboxylic acids is 1. The van der Waals surface area contributed by atoms with Crippen LogP contribution in [0.25, 0.3) is 0 Å². The zero-order valence-electron chi connectivity index (χ0n) is 11.0. The summed E-state index contributed by atoms with van der Waals surface area (Å²) in [6, 6.07) is 4.06. The van der Waals surface area contributed by atoms with Crippen molar-refractivity contribution in [1.82, 2.24) is 9.88 Å². The summed E-state index contributed by atoms with van der Waals surface area (Å²) in [7, 11) is 0. The number of pyridine rings is 1. The van der Waals surface area contributed by atoms with Crippen LogP contribution in [0.5, 0.6) is 0 Å². The van der Waals surface area contributed by atoms with E-state index < -0.39 is 11.4 Å². The molecular weight excluding hydrogens is 228 g/mol. The number of carbonyl (C=O) groups is 1. The van der Waals surface area contributed by atoms with Crippen molar-refractivity contribution in [3.8, 4) is 0 Å². The van der Waals surface area contributed by atoms with Crippen LogP contribution in [0.3, 0.4) is 0 Å². The second-order valence-corrected chi connectivity index (χ2v) is 5.21. The molecular formula is C14H20N2O2. The predicted octanol–water partition coefficient (Wildman–Crippen LogP) is 2.08. The monoisotopic (exact) mass is 248 g/mol. The van der Waals surface area contributed by atoms with E-state index in [1.165, 1.54) is 0 Å². The van der Waals surface area contributed by atoms with Gasteiger partial charge in [0.15, 0.2) is 0 Å². The van der Waals surface area contributed by atoms with Crippen molar-refractivity contribution in [2.75, 3.05) is 13.1 Å². The lowest BCUT2D eigenvalue weighted by Crippen LogP contribution is -2.33. The Balaban J connectivity index is 2.01. The number of likely N-dealkylation sites (tertiary alicyclic amines) is 1. The average Bonchev–Trinajstić information content (AvgIpc) is 2.77. The molecule has 1 aliphatic heterocycles. The molecule has 1 atom stereocenters. The van der Waals surface area contributed by atoms with E-state index in [1.54, 1.807) is 0 Å².